The van der Waals surface area contributed by atoms with E-state index in [1.165, 1.54) is 12.3 Å². The summed E-state index contributed by atoms with van der Waals surface area (Å²) in [6.07, 6.45) is 1.25. The lowest BCUT2D eigenvalue weighted by molar-refractivity contribution is -0.136. The summed E-state index contributed by atoms with van der Waals surface area (Å²) in [6, 6.07) is 11.0. The molecule has 1 aliphatic rings. The Balaban J connectivity index is 1.72. The molecule has 0 unspecified atom stereocenters. The van der Waals surface area contributed by atoms with Gasteiger partial charge in [-0.3, -0.25) is 9.59 Å². The minimum atomic E-state index is -0.477. The molecule has 3 rings (SSSR count). The van der Waals surface area contributed by atoms with Crippen molar-refractivity contribution in [2.45, 2.75) is 32.5 Å². The third-order valence-electron chi connectivity index (χ3n) is 4.31. The lowest BCUT2D eigenvalue weighted by Crippen LogP contribution is -2.56. The standard InChI is InChI=1S/C20H24N2O4/c1-14-9-18(23)21-10-17(14)19(24)22-11-16(26-20(2,3)13-22)12-25-15-7-5-4-6-8-15/h4-10,16H,11-13H2,1-3H3,(H,21,23)/t16-/m1/s1. The molecule has 1 saturated heterocycles. The molecular formula is C20H24N2O4. The van der Waals surface area contributed by atoms with Crippen LogP contribution in [0.4, 0.5) is 0 Å². The Morgan fingerprint density at radius 1 is 1.35 bits per heavy atom. The molecule has 1 atom stereocenters. The lowest BCUT2D eigenvalue weighted by Gasteiger charge is -2.42. The second-order valence-corrected chi connectivity index (χ2v) is 7.20. The molecule has 0 spiro atoms. The van der Waals surface area contributed by atoms with E-state index in [2.05, 4.69) is 4.98 Å². The number of amides is 1. The van der Waals surface area contributed by atoms with Crippen molar-refractivity contribution < 1.29 is 14.3 Å². The van der Waals surface area contributed by atoms with E-state index in [1.807, 2.05) is 44.2 Å². The van der Waals surface area contributed by atoms with E-state index in [0.29, 0.717) is 30.8 Å². The zero-order valence-corrected chi connectivity index (χ0v) is 15.3. The van der Waals surface area contributed by atoms with Gasteiger partial charge in [0.15, 0.2) is 0 Å². The third-order valence-corrected chi connectivity index (χ3v) is 4.31. The van der Waals surface area contributed by atoms with Gasteiger partial charge < -0.3 is 19.4 Å². The number of hydrogen-bond acceptors (Lipinski definition) is 4. The van der Waals surface area contributed by atoms with Crippen LogP contribution in [0.3, 0.4) is 0 Å². The summed E-state index contributed by atoms with van der Waals surface area (Å²) in [5.41, 5.74) is 0.481. The molecule has 0 aliphatic carbocycles. The highest BCUT2D eigenvalue weighted by atomic mass is 16.5. The van der Waals surface area contributed by atoms with E-state index in [0.717, 1.165) is 5.75 Å². The first-order valence-electron chi connectivity index (χ1n) is 8.68. The van der Waals surface area contributed by atoms with Crippen LogP contribution < -0.4 is 10.3 Å². The van der Waals surface area contributed by atoms with E-state index in [4.69, 9.17) is 9.47 Å². The zero-order valence-electron chi connectivity index (χ0n) is 15.3. The molecular weight excluding hydrogens is 332 g/mol. The molecule has 1 aromatic heterocycles. The fourth-order valence-electron chi connectivity index (χ4n) is 3.22. The van der Waals surface area contributed by atoms with Crippen molar-refractivity contribution in [3.8, 4) is 5.75 Å². The van der Waals surface area contributed by atoms with E-state index < -0.39 is 5.60 Å². The van der Waals surface area contributed by atoms with Gasteiger partial charge in [0.25, 0.3) is 5.91 Å². The summed E-state index contributed by atoms with van der Waals surface area (Å²) >= 11 is 0. The Morgan fingerprint density at radius 3 is 2.77 bits per heavy atom. The number of nitrogens with zero attached hydrogens (tertiary/aromatic N) is 1. The SMILES string of the molecule is Cc1cc(=O)[nH]cc1C(=O)N1C[C@H](COc2ccccc2)OC(C)(C)C1. The van der Waals surface area contributed by atoms with Gasteiger partial charge in [-0.15, -0.1) is 0 Å². The first-order valence-corrected chi connectivity index (χ1v) is 8.68. The fourth-order valence-corrected chi connectivity index (χ4v) is 3.22. The summed E-state index contributed by atoms with van der Waals surface area (Å²) < 4.78 is 11.9. The van der Waals surface area contributed by atoms with Gasteiger partial charge in [-0.1, -0.05) is 18.2 Å². The highest BCUT2D eigenvalue weighted by Gasteiger charge is 2.36. The van der Waals surface area contributed by atoms with Crippen LogP contribution in [-0.2, 0) is 4.74 Å². The second kappa shape index (κ2) is 7.33. The van der Waals surface area contributed by atoms with Crippen LogP contribution in [0.2, 0.25) is 0 Å². The maximum absolute atomic E-state index is 12.9. The number of pyridine rings is 1. The molecule has 6 nitrogen and oxygen atoms in total. The molecule has 0 radical (unpaired) electrons. The number of rotatable bonds is 4. The van der Waals surface area contributed by atoms with Crippen molar-refractivity contribution in [3.05, 3.63) is 64.1 Å². The number of ether oxygens (including phenoxy) is 2. The number of para-hydroxylation sites is 1. The molecule has 1 aromatic carbocycles. The number of hydrogen-bond donors (Lipinski definition) is 1. The highest BCUT2D eigenvalue weighted by molar-refractivity contribution is 5.95. The Hall–Kier alpha value is -2.60. The Bertz CT molecular complexity index is 829. The van der Waals surface area contributed by atoms with Gasteiger partial charge in [0, 0.05) is 18.8 Å². The Morgan fingerprint density at radius 2 is 2.08 bits per heavy atom. The van der Waals surface area contributed by atoms with E-state index in [1.54, 1.807) is 11.8 Å². The Kier molecular flexibility index (Phi) is 5.13. The molecule has 26 heavy (non-hydrogen) atoms. The summed E-state index contributed by atoms with van der Waals surface area (Å²) in [5.74, 6) is 0.661. The van der Waals surface area contributed by atoms with Gasteiger partial charge in [-0.25, -0.2) is 0 Å². The number of morpholine rings is 1. The topological polar surface area (TPSA) is 71.6 Å². The number of aromatic amines is 1. The second-order valence-electron chi connectivity index (χ2n) is 7.20. The first-order chi connectivity index (χ1) is 12.3. The smallest absolute Gasteiger partial charge is 0.255 e. The number of carbonyl (C=O) groups excluding carboxylic acids is 1. The van der Waals surface area contributed by atoms with Gasteiger partial charge in [0.1, 0.15) is 18.5 Å². The molecule has 1 fully saturated rings. The lowest BCUT2D eigenvalue weighted by atomic mass is 10.0. The summed E-state index contributed by atoms with van der Waals surface area (Å²) in [7, 11) is 0. The predicted molar refractivity (Wildman–Crippen MR) is 98.6 cm³/mol. The number of H-pyrrole nitrogens is 1. The number of aromatic nitrogens is 1. The van der Waals surface area contributed by atoms with E-state index in [9.17, 15) is 9.59 Å². The maximum Gasteiger partial charge on any atom is 0.255 e. The Labute approximate surface area is 152 Å². The van der Waals surface area contributed by atoms with Crippen LogP contribution in [0.1, 0.15) is 29.8 Å². The van der Waals surface area contributed by atoms with Gasteiger partial charge in [-0.05, 0) is 38.5 Å². The summed E-state index contributed by atoms with van der Waals surface area (Å²) in [6.45, 7) is 6.97. The molecule has 1 N–H and O–H groups in total. The monoisotopic (exact) mass is 356 g/mol. The predicted octanol–water partition coefficient (Wildman–Crippen LogP) is 2.38. The normalized spacial score (nSPS) is 19.2. The van der Waals surface area contributed by atoms with E-state index in [-0.39, 0.29) is 17.6 Å². The van der Waals surface area contributed by atoms with Crippen molar-refractivity contribution in [2.24, 2.45) is 0 Å². The average Bonchev–Trinajstić information content (AvgIpc) is 2.59. The summed E-state index contributed by atoms with van der Waals surface area (Å²) in [5, 5.41) is 0. The maximum atomic E-state index is 12.9. The van der Waals surface area contributed by atoms with Crippen molar-refractivity contribution >= 4 is 5.91 Å². The van der Waals surface area contributed by atoms with Crippen LogP contribution in [-0.4, -0.2) is 47.2 Å². The molecule has 2 aromatic rings. The van der Waals surface area contributed by atoms with E-state index >= 15 is 0 Å². The largest absolute Gasteiger partial charge is 0.491 e. The van der Waals surface area contributed by atoms with Crippen molar-refractivity contribution in [1.29, 1.82) is 0 Å². The van der Waals surface area contributed by atoms with Crippen LogP contribution >= 0.6 is 0 Å². The number of aryl methyl sites for hydroxylation is 1. The number of nitrogens with one attached hydrogen (secondary N) is 1. The summed E-state index contributed by atoms with van der Waals surface area (Å²) in [4.78, 5) is 28.7. The number of carbonyl (C=O) groups is 1. The average molecular weight is 356 g/mol. The third kappa shape index (κ3) is 4.32. The zero-order chi connectivity index (χ0) is 18.7. The van der Waals surface area contributed by atoms with Crippen molar-refractivity contribution in [3.63, 3.8) is 0 Å². The molecule has 138 valence electrons. The molecule has 0 bridgehead atoms. The minimum Gasteiger partial charge on any atom is -0.491 e. The molecule has 1 aliphatic heterocycles. The first kappa shape index (κ1) is 18.2. The minimum absolute atomic E-state index is 0.111. The van der Waals surface area contributed by atoms with Crippen molar-refractivity contribution in [1.82, 2.24) is 9.88 Å². The van der Waals surface area contributed by atoms with Crippen molar-refractivity contribution in [2.75, 3.05) is 19.7 Å². The molecule has 1 amide bonds. The van der Waals surface area contributed by atoms with Crippen LogP contribution in [0.25, 0.3) is 0 Å². The van der Waals surface area contributed by atoms with Gasteiger partial charge >= 0.3 is 0 Å². The van der Waals surface area contributed by atoms with Gasteiger partial charge in [0.05, 0.1) is 17.7 Å². The number of benzene rings is 1. The molecule has 2 heterocycles. The fraction of sp³-hybridized carbons (Fsp3) is 0.400. The quantitative estimate of drug-likeness (QED) is 0.913. The molecule has 0 saturated carbocycles. The highest BCUT2D eigenvalue weighted by Crippen LogP contribution is 2.24. The molecule has 6 heteroatoms. The van der Waals surface area contributed by atoms with Gasteiger partial charge in [0.2, 0.25) is 5.56 Å². The van der Waals surface area contributed by atoms with Crippen LogP contribution in [0.5, 0.6) is 5.75 Å². The van der Waals surface area contributed by atoms with Gasteiger partial charge in [-0.2, -0.15) is 0 Å². The van der Waals surface area contributed by atoms with Crippen LogP contribution in [0, 0.1) is 6.92 Å². The van der Waals surface area contributed by atoms with Crippen LogP contribution in [0.15, 0.2) is 47.4 Å².